The molecule has 0 heterocycles. The summed E-state index contributed by atoms with van der Waals surface area (Å²) in [5, 5.41) is 12.4. The van der Waals surface area contributed by atoms with Gasteiger partial charge in [-0.15, -0.1) is 0 Å². The molecule has 4 nitrogen and oxygen atoms in total. The Morgan fingerprint density at radius 1 is 1.56 bits per heavy atom. The van der Waals surface area contributed by atoms with E-state index >= 15 is 0 Å². The van der Waals surface area contributed by atoms with Gasteiger partial charge in [-0.25, -0.2) is 0 Å². The van der Waals surface area contributed by atoms with Crippen LogP contribution in [0, 0.1) is 0 Å². The molecule has 0 unspecified atom stereocenters. The van der Waals surface area contributed by atoms with Crippen LogP contribution in [0.1, 0.15) is 31.4 Å². The maximum atomic E-state index is 11.0. The SMILES string of the molecule is CNC(=O)CCCOc1ccc([C@H](C)O)cc1Cl. The first-order chi connectivity index (χ1) is 8.54. The van der Waals surface area contributed by atoms with Gasteiger partial charge in [0.2, 0.25) is 5.91 Å². The summed E-state index contributed by atoms with van der Waals surface area (Å²) in [5.74, 6) is 0.562. The lowest BCUT2D eigenvalue weighted by Gasteiger charge is -2.10. The molecule has 18 heavy (non-hydrogen) atoms. The van der Waals surface area contributed by atoms with Gasteiger partial charge in [0.25, 0.3) is 0 Å². The Balaban J connectivity index is 2.45. The third-order valence-electron chi connectivity index (χ3n) is 2.52. The highest BCUT2D eigenvalue weighted by molar-refractivity contribution is 6.32. The van der Waals surface area contributed by atoms with Crippen molar-refractivity contribution in [1.29, 1.82) is 0 Å². The van der Waals surface area contributed by atoms with Gasteiger partial charge in [-0.2, -0.15) is 0 Å². The zero-order valence-corrected chi connectivity index (χ0v) is 11.3. The molecule has 0 aliphatic heterocycles. The van der Waals surface area contributed by atoms with Crippen molar-refractivity contribution in [3.8, 4) is 5.75 Å². The highest BCUT2D eigenvalue weighted by Crippen LogP contribution is 2.27. The Labute approximate surface area is 112 Å². The molecule has 1 aromatic rings. The molecule has 0 bridgehead atoms. The van der Waals surface area contributed by atoms with Gasteiger partial charge in [-0.05, 0) is 31.0 Å². The third kappa shape index (κ3) is 4.55. The van der Waals surface area contributed by atoms with Crippen LogP contribution in [0.3, 0.4) is 0 Å². The monoisotopic (exact) mass is 271 g/mol. The van der Waals surface area contributed by atoms with Gasteiger partial charge in [0.1, 0.15) is 5.75 Å². The summed E-state index contributed by atoms with van der Waals surface area (Å²) in [7, 11) is 1.61. The topological polar surface area (TPSA) is 58.6 Å². The Kier molecular flexibility index (Phi) is 5.95. The van der Waals surface area contributed by atoms with E-state index in [4.69, 9.17) is 16.3 Å². The average molecular weight is 272 g/mol. The number of rotatable bonds is 6. The second kappa shape index (κ2) is 7.24. The van der Waals surface area contributed by atoms with E-state index in [1.54, 1.807) is 32.2 Å². The molecule has 5 heteroatoms. The molecule has 0 aromatic heterocycles. The summed E-state index contributed by atoms with van der Waals surface area (Å²) in [6, 6.07) is 5.18. The molecule has 0 aliphatic carbocycles. The molecular weight excluding hydrogens is 254 g/mol. The lowest BCUT2D eigenvalue weighted by atomic mass is 10.1. The summed E-state index contributed by atoms with van der Waals surface area (Å²) in [5.41, 5.74) is 0.748. The van der Waals surface area contributed by atoms with Crippen molar-refractivity contribution in [2.45, 2.75) is 25.9 Å². The van der Waals surface area contributed by atoms with Crippen LogP contribution >= 0.6 is 11.6 Å². The van der Waals surface area contributed by atoms with Crippen molar-refractivity contribution in [3.63, 3.8) is 0 Å². The Bertz CT molecular complexity index is 407. The Morgan fingerprint density at radius 2 is 2.28 bits per heavy atom. The van der Waals surface area contributed by atoms with E-state index in [0.717, 1.165) is 5.56 Å². The quantitative estimate of drug-likeness (QED) is 0.781. The second-order valence-corrected chi connectivity index (χ2v) is 4.40. The summed E-state index contributed by atoms with van der Waals surface area (Å²) < 4.78 is 5.47. The molecular formula is C13H18ClNO3. The van der Waals surface area contributed by atoms with Crippen LogP contribution < -0.4 is 10.1 Å². The standard InChI is InChI=1S/C13H18ClNO3/c1-9(16)10-5-6-12(11(14)8-10)18-7-3-4-13(17)15-2/h5-6,8-9,16H,3-4,7H2,1-2H3,(H,15,17)/t9-/m0/s1. The van der Waals surface area contributed by atoms with Crippen LogP contribution in [0.25, 0.3) is 0 Å². The van der Waals surface area contributed by atoms with Crippen molar-refractivity contribution in [3.05, 3.63) is 28.8 Å². The van der Waals surface area contributed by atoms with E-state index in [0.29, 0.717) is 30.2 Å². The van der Waals surface area contributed by atoms with Gasteiger partial charge in [0.05, 0.1) is 17.7 Å². The summed E-state index contributed by atoms with van der Waals surface area (Å²) in [6.07, 6.45) is 0.512. The van der Waals surface area contributed by atoms with Crippen LogP contribution in [0.15, 0.2) is 18.2 Å². The van der Waals surface area contributed by atoms with Crippen LogP contribution in [0.4, 0.5) is 0 Å². The number of carbonyl (C=O) groups excluding carboxylic acids is 1. The molecule has 0 fully saturated rings. The van der Waals surface area contributed by atoms with Crippen molar-refractivity contribution in [2.75, 3.05) is 13.7 Å². The largest absolute Gasteiger partial charge is 0.492 e. The molecule has 1 atom stereocenters. The number of hydrogen-bond donors (Lipinski definition) is 2. The lowest BCUT2D eigenvalue weighted by Crippen LogP contribution is -2.18. The summed E-state index contributed by atoms with van der Waals surface area (Å²) in [6.45, 7) is 2.11. The van der Waals surface area contributed by atoms with Crippen molar-refractivity contribution in [2.24, 2.45) is 0 Å². The first kappa shape index (κ1) is 14.8. The predicted molar refractivity (Wildman–Crippen MR) is 70.9 cm³/mol. The van der Waals surface area contributed by atoms with Crippen LogP contribution in [0.2, 0.25) is 5.02 Å². The molecule has 0 spiro atoms. The zero-order chi connectivity index (χ0) is 13.5. The number of aliphatic hydroxyl groups is 1. The minimum atomic E-state index is -0.551. The zero-order valence-electron chi connectivity index (χ0n) is 10.6. The van der Waals surface area contributed by atoms with Gasteiger partial charge in [0.15, 0.2) is 0 Å². The third-order valence-corrected chi connectivity index (χ3v) is 2.82. The molecule has 0 saturated heterocycles. The number of amides is 1. The van der Waals surface area contributed by atoms with Gasteiger partial charge >= 0.3 is 0 Å². The van der Waals surface area contributed by atoms with Gasteiger partial charge in [-0.3, -0.25) is 4.79 Å². The molecule has 2 N–H and O–H groups in total. The molecule has 0 aliphatic rings. The molecule has 1 amide bonds. The number of halogens is 1. The minimum absolute atomic E-state index is 0.00542. The lowest BCUT2D eigenvalue weighted by molar-refractivity contribution is -0.120. The average Bonchev–Trinajstić information content (AvgIpc) is 2.35. The van der Waals surface area contributed by atoms with E-state index in [1.807, 2.05) is 0 Å². The number of ether oxygens (including phenoxy) is 1. The minimum Gasteiger partial charge on any atom is -0.492 e. The smallest absolute Gasteiger partial charge is 0.219 e. The number of nitrogens with one attached hydrogen (secondary N) is 1. The molecule has 0 saturated carbocycles. The molecule has 1 rings (SSSR count). The van der Waals surface area contributed by atoms with Crippen LogP contribution in [-0.2, 0) is 4.79 Å². The predicted octanol–water partition coefficient (Wildman–Crippen LogP) is 2.30. The number of benzene rings is 1. The fraction of sp³-hybridized carbons (Fsp3) is 0.462. The second-order valence-electron chi connectivity index (χ2n) is 3.99. The normalized spacial score (nSPS) is 12.0. The van der Waals surface area contributed by atoms with Gasteiger partial charge < -0.3 is 15.2 Å². The maximum Gasteiger partial charge on any atom is 0.219 e. The van der Waals surface area contributed by atoms with E-state index in [-0.39, 0.29) is 5.91 Å². The van der Waals surface area contributed by atoms with Crippen molar-refractivity contribution >= 4 is 17.5 Å². The fourth-order valence-corrected chi connectivity index (χ4v) is 1.68. The van der Waals surface area contributed by atoms with Crippen molar-refractivity contribution < 1.29 is 14.6 Å². The highest BCUT2D eigenvalue weighted by atomic mass is 35.5. The Hall–Kier alpha value is -1.26. The number of aliphatic hydroxyl groups excluding tert-OH is 1. The van der Waals surface area contributed by atoms with E-state index in [1.165, 1.54) is 0 Å². The first-order valence-corrected chi connectivity index (χ1v) is 6.23. The van der Waals surface area contributed by atoms with Crippen LogP contribution in [-0.4, -0.2) is 24.7 Å². The molecule has 1 aromatic carbocycles. The van der Waals surface area contributed by atoms with Gasteiger partial charge in [-0.1, -0.05) is 17.7 Å². The van der Waals surface area contributed by atoms with Crippen molar-refractivity contribution in [1.82, 2.24) is 5.32 Å². The summed E-state index contributed by atoms with van der Waals surface area (Å²) in [4.78, 5) is 11.0. The molecule has 100 valence electrons. The van der Waals surface area contributed by atoms with E-state index in [2.05, 4.69) is 5.32 Å². The fourth-order valence-electron chi connectivity index (χ4n) is 1.43. The highest BCUT2D eigenvalue weighted by Gasteiger charge is 2.06. The van der Waals surface area contributed by atoms with E-state index in [9.17, 15) is 9.90 Å². The maximum absolute atomic E-state index is 11.0. The van der Waals surface area contributed by atoms with Crippen LogP contribution in [0.5, 0.6) is 5.75 Å². The molecule has 0 radical (unpaired) electrons. The Morgan fingerprint density at radius 3 is 2.83 bits per heavy atom. The van der Waals surface area contributed by atoms with E-state index < -0.39 is 6.10 Å². The number of hydrogen-bond acceptors (Lipinski definition) is 3. The summed E-state index contributed by atoms with van der Waals surface area (Å²) >= 11 is 6.03. The number of carbonyl (C=O) groups is 1. The van der Waals surface area contributed by atoms with Gasteiger partial charge in [0, 0.05) is 13.5 Å². The first-order valence-electron chi connectivity index (χ1n) is 5.85.